The molecule has 7 nitrogen and oxygen atoms in total. The van der Waals surface area contributed by atoms with E-state index in [1.165, 1.54) is 12.1 Å². The highest BCUT2D eigenvalue weighted by Gasteiger charge is 2.02. The van der Waals surface area contributed by atoms with Crippen molar-refractivity contribution in [1.82, 2.24) is 0 Å². The lowest BCUT2D eigenvalue weighted by Gasteiger charge is -2.04. The van der Waals surface area contributed by atoms with Crippen LogP contribution in [0, 0.1) is 0 Å². The van der Waals surface area contributed by atoms with Crippen LogP contribution in [0.2, 0.25) is 0 Å². The molecule has 88 valence electrons. The summed E-state index contributed by atoms with van der Waals surface area (Å²) in [5, 5.41) is 16.0. The van der Waals surface area contributed by atoms with Crippen molar-refractivity contribution in [2.75, 3.05) is 4.72 Å². The van der Waals surface area contributed by atoms with Crippen molar-refractivity contribution in [3.8, 4) is 0 Å². The number of rotatable bonds is 4. The molecule has 0 radical (unpaired) electrons. The molecule has 0 bridgehead atoms. The summed E-state index contributed by atoms with van der Waals surface area (Å²) in [7, 11) is -3.76. The van der Waals surface area contributed by atoms with Gasteiger partial charge in [-0.2, -0.15) is 8.42 Å². The van der Waals surface area contributed by atoms with Crippen molar-refractivity contribution < 1.29 is 13.6 Å². The Labute approximate surface area is 92.9 Å². The highest BCUT2D eigenvalue weighted by molar-refractivity contribution is 7.90. The van der Waals surface area contributed by atoms with Crippen molar-refractivity contribution in [3.63, 3.8) is 0 Å². The highest BCUT2D eigenvalue weighted by atomic mass is 32.2. The molecule has 0 spiro atoms. The van der Waals surface area contributed by atoms with E-state index in [1.807, 2.05) is 0 Å². The Morgan fingerprint density at radius 2 is 1.94 bits per heavy atom. The van der Waals surface area contributed by atoms with Gasteiger partial charge in [0.1, 0.15) is 5.84 Å². The largest absolute Gasteiger partial charge is 0.409 e. The fourth-order valence-corrected chi connectivity index (χ4v) is 1.56. The molecule has 1 aromatic rings. The molecule has 0 atom stereocenters. The van der Waals surface area contributed by atoms with Crippen LogP contribution in [0.4, 0.5) is 5.69 Å². The summed E-state index contributed by atoms with van der Waals surface area (Å²) < 4.78 is 23.5. The Kier molecular flexibility index (Phi) is 3.69. The molecule has 16 heavy (non-hydrogen) atoms. The molecule has 0 aromatic heterocycles. The number of nitrogens with two attached hydrogens (primary N) is 2. The van der Waals surface area contributed by atoms with Crippen LogP contribution in [0.25, 0.3) is 0 Å². The van der Waals surface area contributed by atoms with Crippen LogP contribution in [0.5, 0.6) is 0 Å². The third kappa shape index (κ3) is 4.15. The minimum absolute atomic E-state index is 0.0761. The van der Waals surface area contributed by atoms with Crippen LogP contribution in [-0.4, -0.2) is 19.5 Å². The van der Waals surface area contributed by atoms with Gasteiger partial charge in [0.2, 0.25) is 0 Å². The Balaban J connectivity index is 2.76. The number of benzene rings is 1. The van der Waals surface area contributed by atoms with E-state index >= 15 is 0 Å². The van der Waals surface area contributed by atoms with Gasteiger partial charge in [-0.25, -0.2) is 5.14 Å². The lowest BCUT2D eigenvalue weighted by molar-refractivity contribution is 0.317. The van der Waals surface area contributed by atoms with E-state index < -0.39 is 10.2 Å². The van der Waals surface area contributed by atoms with Gasteiger partial charge in [0, 0.05) is 12.1 Å². The molecule has 0 aliphatic carbocycles. The Bertz CT molecular complexity index is 481. The Morgan fingerprint density at radius 3 is 2.38 bits per heavy atom. The van der Waals surface area contributed by atoms with Crippen LogP contribution >= 0.6 is 0 Å². The average Bonchev–Trinajstić information content (AvgIpc) is 2.18. The first-order valence-electron chi connectivity index (χ1n) is 4.26. The summed E-state index contributed by atoms with van der Waals surface area (Å²) in [6, 6.07) is 6.35. The number of anilines is 1. The molecule has 0 aliphatic rings. The standard InChI is InChI=1S/C8H12N4O3S/c9-8(11-13)5-6-1-3-7(4-2-6)12-16(10,14)15/h1-4,12-13H,5H2,(H2,9,11)(H2,10,14,15). The normalized spacial score (nSPS) is 12.4. The fraction of sp³-hybridized carbons (Fsp3) is 0.125. The number of nitrogens with zero attached hydrogens (tertiary/aromatic N) is 1. The summed E-state index contributed by atoms with van der Waals surface area (Å²) in [5.74, 6) is 0.0761. The predicted octanol–water partition coefficient (Wildman–Crippen LogP) is -0.409. The second-order valence-electron chi connectivity index (χ2n) is 3.11. The van der Waals surface area contributed by atoms with Gasteiger partial charge in [-0.15, -0.1) is 0 Å². The predicted molar refractivity (Wildman–Crippen MR) is 60.3 cm³/mol. The second kappa shape index (κ2) is 4.81. The summed E-state index contributed by atoms with van der Waals surface area (Å²) in [6.07, 6.45) is 0.284. The van der Waals surface area contributed by atoms with Gasteiger partial charge in [-0.1, -0.05) is 17.3 Å². The third-order valence-corrected chi connectivity index (χ3v) is 2.25. The maximum atomic E-state index is 10.7. The van der Waals surface area contributed by atoms with Gasteiger partial charge < -0.3 is 10.9 Å². The average molecular weight is 244 g/mol. The van der Waals surface area contributed by atoms with E-state index in [0.717, 1.165) is 5.56 Å². The van der Waals surface area contributed by atoms with E-state index in [9.17, 15) is 8.42 Å². The first kappa shape index (κ1) is 12.3. The van der Waals surface area contributed by atoms with Gasteiger partial charge in [-0.05, 0) is 17.7 Å². The number of nitrogens with one attached hydrogen (secondary N) is 1. The molecule has 1 rings (SSSR count). The van der Waals surface area contributed by atoms with Crippen LogP contribution in [0.1, 0.15) is 5.56 Å². The van der Waals surface area contributed by atoms with Gasteiger partial charge in [-0.3, -0.25) is 4.72 Å². The van der Waals surface area contributed by atoms with Gasteiger partial charge in [0.25, 0.3) is 10.2 Å². The minimum Gasteiger partial charge on any atom is -0.409 e. The molecule has 0 saturated heterocycles. The maximum absolute atomic E-state index is 10.7. The van der Waals surface area contributed by atoms with Crippen molar-refractivity contribution in [3.05, 3.63) is 29.8 Å². The van der Waals surface area contributed by atoms with Crippen LogP contribution in [-0.2, 0) is 16.6 Å². The molecule has 0 aliphatic heterocycles. The van der Waals surface area contributed by atoms with E-state index in [1.54, 1.807) is 12.1 Å². The summed E-state index contributed by atoms with van der Waals surface area (Å²) in [5.41, 5.74) is 6.45. The molecular weight excluding hydrogens is 232 g/mol. The molecule has 0 saturated carbocycles. The Hall–Kier alpha value is -1.80. The number of oxime groups is 1. The van der Waals surface area contributed by atoms with Gasteiger partial charge in [0.05, 0.1) is 0 Å². The summed E-state index contributed by atoms with van der Waals surface area (Å²) >= 11 is 0. The minimum atomic E-state index is -3.76. The van der Waals surface area contributed by atoms with Gasteiger partial charge in [0.15, 0.2) is 0 Å². The van der Waals surface area contributed by atoms with E-state index in [4.69, 9.17) is 16.1 Å². The SMILES string of the molecule is N/C(Cc1ccc(NS(N)(=O)=O)cc1)=N/O. The molecule has 0 amide bonds. The highest BCUT2D eigenvalue weighted by Crippen LogP contribution is 2.10. The molecule has 1 aromatic carbocycles. The van der Waals surface area contributed by atoms with Crippen molar-refractivity contribution in [1.29, 1.82) is 0 Å². The molecule has 6 N–H and O–H groups in total. The second-order valence-corrected chi connectivity index (χ2v) is 4.41. The summed E-state index contributed by atoms with van der Waals surface area (Å²) in [4.78, 5) is 0. The van der Waals surface area contributed by atoms with Crippen molar-refractivity contribution in [2.45, 2.75) is 6.42 Å². The molecule has 0 heterocycles. The van der Waals surface area contributed by atoms with Crippen LogP contribution in [0.15, 0.2) is 29.4 Å². The number of amidine groups is 1. The van der Waals surface area contributed by atoms with E-state index in [0.29, 0.717) is 5.69 Å². The van der Waals surface area contributed by atoms with E-state index in [2.05, 4.69) is 9.88 Å². The van der Waals surface area contributed by atoms with Gasteiger partial charge >= 0.3 is 0 Å². The van der Waals surface area contributed by atoms with Crippen molar-refractivity contribution in [2.24, 2.45) is 16.0 Å². The van der Waals surface area contributed by atoms with E-state index in [-0.39, 0.29) is 12.3 Å². The first-order chi connectivity index (χ1) is 7.40. The zero-order valence-electron chi connectivity index (χ0n) is 8.29. The molecule has 0 unspecified atom stereocenters. The third-order valence-electron chi connectivity index (χ3n) is 1.73. The number of hydrogen-bond donors (Lipinski definition) is 4. The maximum Gasteiger partial charge on any atom is 0.296 e. The first-order valence-corrected chi connectivity index (χ1v) is 5.81. The smallest absolute Gasteiger partial charge is 0.296 e. The zero-order valence-corrected chi connectivity index (χ0v) is 9.11. The molecule has 8 heteroatoms. The lowest BCUT2D eigenvalue weighted by atomic mass is 10.1. The molecular formula is C8H12N4O3S. The van der Waals surface area contributed by atoms with Crippen LogP contribution in [0.3, 0.4) is 0 Å². The quantitative estimate of drug-likeness (QED) is 0.248. The van der Waals surface area contributed by atoms with Crippen molar-refractivity contribution >= 4 is 21.7 Å². The number of hydrogen-bond acceptors (Lipinski definition) is 4. The lowest BCUT2D eigenvalue weighted by Crippen LogP contribution is -2.21. The fourth-order valence-electron chi connectivity index (χ4n) is 1.10. The summed E-state index contributed by atoms with van der Waals surface area (Å²) in [6.45, 7) is 0. The molecule has 0 fully saturated rings. The monoisotopic (exact) mass is 244 g/mol. The topological polar surface area (TPSA) is 131 Å². The van der Waals surface area contributed by atoms with Crippen LogP contribution < -0.4 is 15.6 Å². The zero-order chi connectivity index (χ0) is 12.2. The Morgan fingerprint density at radius 1 is 1.38 bits per heavy atom.